The number of aromatic nitrogens is 2. The van der Waals surface area contributed by atoms with Crippen molar-refractivity contribution in [2.75, 3.05) is 19.7 Å². The Morgan fingerprint density at radius 2 is 2.08 bits per heavy atom. The number of morpholine rings is 1. The molecule has 1 aliphatic carbocycles. The number of carbonyl (C=O) groups excluding carboxylic acids is 1. The summed E-state index contributed by atoms with van der Waals surface area (Å²) in [5.74, 6) is 1.23. The molecule has 24 heavy (non-hydrogen) atoms. The van der Waals surface area contributed by atoms with E-state index in [-0.39, 0.29) is 17.4 Å². The molecule has 1 saturated heterocycles. The van der Waals surface area contributed by atoms with Gasteiger partial charge in [-0.1, -0.05) is 41.9 Å². The summed E-state index contributed by atoms with van der Waals surface area (Å²) in [6.07, 6.45) is 2.62. The fraction of sp³-hybridized carbons (Fsp3) is 0.500. The third-order valence-corrected chi connectivity index (χ3v) is 5.13. The van der Waals surface area contributed by atoms with Gasteiger partial charge in [0.25, 0.3) is 0 Å². The predicted molar refractivity (Wildman–Crippen MR) is 86.3 cm³/mol. The first-order valence-corrected chi connectivity index (χ1v) is 8.46. The highest BCUT2D eigenvalue weighted by Crippen LogP contribution is 2.45. The predicted octanol–water partition coefficient (Wildman–Crippen LogP) is 2.40. The normalized spacial score (nSPS) is 22.9. The van der Waals surface area contributed by atoms with Crippen molar-refractivity contribution in [2.24, 2.45) is 0 Å². The van der Waals surface area contributed by atoms with Gasteiger partial charge in [-0.05, 0) is 18.4 Å². The number of carbonyl (C=O) groups is 1. The highest BCUT2D eigenvalue weighted by molar-refractivity contribution is 5.89. The van der Waals surface area contributed by atoms with Crippen molar-refractivity contribution < 1.29 is 14.1 Å². The molecule has 4 rings (SSSR count). The average Bonchev–Trinajstić information content (AvgIpc) is 3.01. The molecule has 0 bridgehead atoms. The van der Waals surface area contributed by atoms with Gasteiger partial charge < -0.3 is 14.2 Å². The van der Waals surface area contributed by atoms with Crippen LogP contribution in [-0.2, 0) is 14.9 Å². The van der Waals surface area contributed by atoms with E-state index in [2.05, 4.69) is 22.3 Å². The first-order valence-electron chi connectivity index (χ1n) is 8.46. The molecule has 6 nitrogen and oxygen atoms in total. The first-order chi connectivity index (χ1) is 11.7. The van der Waals surface area contributed by atoms with Crippen LogP contribution in [0.3, 0.4) is 0 Å². The first kappa shape index (κ1) is 15.3. The van der Waals surface area contributed by atoms with Gasteiger partial charge in [0, 0.05) is 13.5 Å². The molecule has 0 N–H and O–H groups in total. The number of ether oxygens (including phenoxy) is 1. The molecule has 2 heterocycles. The zero-order chi connectivity index (χ0) is 16.6. The topological polar surface area (TPSA) is 68.5 Å². The van der Waals surface area contributed by atoms with Crippen molar-refractivity contribution in [1.82, 2.24) is 15.0 Å². The molecule has 6 heteroatoms. The SMILES string of the molecule is Cc1nc([C@@H]2CN(C(=O)C3(c4ccccc4)CCC3)CCO2)no1. The third-order valence-electron chi connectivity index (χ3n) is 5.13. The van der Waals surface area contributed by atoms with E-state index >= 15 is 0 Å². The van der Waals surface area contributed by atoms with E-state index in [0.29, 0.717) is 31.4 Å². The lowest BCUT2D eigenvalue weighted by atomic mass is 9.63. The van der Waals surface area contributed by atoms with Crippen molar-refractivity contribution in [3.05, 3.63) is 47.6 Å². The molecule has 1 aromatic carbocycles. The molecule has 126 valence electrons. The molecule has 2 fully saturated rings. The zero-order valence-electron chi connectivity index (χ0n) is 13.8. The Balaban J connectivity index is 1.55. The maximum atomic E-state index is 13.3. The molecule has 2 aliphatic rings. The zero-order valence-corrected chi connectivity index (χ0v) is 13.8. The van der Waals surface area contributed by atoms with Crippen LogP contribution in [0.25, 0.3) is 0 Å². The molecule has 1 atom stereocenters. The van der Waals surface area contributed by atoms with Crippen LogP contribution in [0.5, 0.6) is 0 Å². The van der Waals surface area contributed by atoms with Crippen LogP contribution in [0.15, 0.2) is 34.9 Å². The lowest BCUT2D eigenvalue weighted by Gasteiger charge is -2.45. The van der Waals surface area contributed by atoms with E-state index in [4.69, 9.17) is 9.26 Å². The van der Waals surface area contributed by atoms with Gasteiger partial charge in [-0.15, -0.1) is 0 Å². The summed E-state index contributed by atoms with van der Waals surface area (Å²) in [5.41, 5.74) is 0.760. The molecular weight excluding hydrogens is 306 g/mol. The smallest absolute Gasteiger partial charge is 0.233 e. The van der Waals surface area contributed by atoms with Gasteiger partial charge in [0.15, 0.2) is 0 Å². The minimum Gasteiger partial charge on any atom is -0.366 e. The van der Waals surface area contributed by atoms with Gasteiger partial charge in [0.2, 0.25) is 17.6 Å². The summed E-state index contributed by atoms with van der Waals surface area (Å²) in [4.78, 5) is 19.4. The van der Waals surface area contributed by atoms with Crippen LogP contribution in [-0.4, -0.2) is 40.6 Å². The molecular formula is C18H21N3O3. The average molecular weight is 327 g/mol. The summed E-state index contributed by atoms with van der Waals surface area (Å²) in [6, 6.07) is 10.1. The second kappa shape index (κ2) is 6.02. The molecule has 1 saturated carbocycles. The summed E-state index contributed by atoms with van der Waals surface area (Å²) in [6.45, 7) is 3.34. The molecule has 1 aromatic heterocycles. The fourth-order valence-corrected chi connectivity index (χ4v) is 3.65. The van der Waals surface area contributed by atoms with Crippen LogP contribution >= 0.6 is 0 Å². The lowest BCUT2D eigenvalue weighted by molar-refractivity contribution is -0.149. The Morgan fingerprint density at radius 1 is 1.29 bits per heavy atom. The van der Waals surface area contributed by atoms with Gasteiger partial charge in [-0.3, -0.25) is 4.79 Å². The Hall–Kier alpha value is -2.21. The quantitative estimate of drug-likeness (QED) is 0.866. The number of benzene rings is 1. The fourth-order valence-electron chi connectivity index (χ4n) is 3.65. The van der Waals surface area contributed by atoms with Crippen LogP contribution in [0, 0.1) is 6.92 Å². The number of aryl methyl sites for hydroxylation is 1. The molecule has 2 aromatic rings. The number of hydrogen-bond acceptors (Lipinski definition) is 5. The van der Waals surface area contributed by atoms with Crippen LogP contribution < -0.4 is 0 Å². The molecule has 1 aliphatic heterocycles. The van der Waals surface area contributed by atoms with Crippen molar-refractivity contribution in [3.63, 3.8) is 0 Å². The second-order valence-corrected chi connectivity index (χ2v) is 6.58. The molecule has 0 radical (unpaired) electrons. The van der Waals surface area contributed by atoms with Crippen LogP contribution in [0.1, 0.15) is 42.6 Å². The minimum absolute atomic E-state index is 0.202. The third kappa shape index (κ3) is 2.51. The number of nitrogens with zero attached hydrogens (tertiary/aromatic N) is 3. The Morgan fingerprint density at radius 3 is 2.71 bits per heavy atom. The lowest BCUT2D eigenvalue weighted by Crippen LogP contribution is -2.54. The Bertz CT molecular complexity index is 724. The van der Waals surface area contributed by atoms with E-state index in [1.807, 2.05) is 23.1 Å². The second-order valence-electron chi connectivity index (χ2n) is 6.58. The Labute approximate surface area is 140 Å². The standard InChI is InChI=1S/C18H21N3O3/c1-13-19-16(20-24-13)15-12-21(10-11-23-15)17(22)18(8-5-9-18)14-6-3-2-4-7-14/h2-4,6-7,15H,5,8-12H2,1H3/t15-/m0/s1. The maximum Gasteiger partial charge on any atom is 0.233 e. The van der Waals surface area contributed by atoms with Gasteiger partial charge in [-0.2, -0.15) is 4.98 Å². The van der Waals surface area contributed by atoms with E-state index in [0.717, 1.165) is 24.8 Å². The van der Waals surface area contributed by atoms with E-state index in [1.165, 1.54) is 0 Å². The highest BCUT2D eigenvalue weighted by Gasteiger charge is 2.48. The highest BCUT2D eigenvalue weighted by atomic mass is 16.5. The minimum atomic E-state index is -0.365. The number of rotatable bonds is 3. The molecule has 1 amide bonds. The molecule has 0 unspecified atom stereocenters. The van der Waals surface area contributed by atoms with E-state index in [1.54, 1.807) is 6.92 Å². The maximum absolute atomic E-state index is 13.3. The van der Waals surface area contributed by atoms with Crippen LogP contribution in [0.4, 0.5) is 0 Å². The summed E-state index contributed by atoms with van der Waals surface area (Å²) in [5, 5.41) is 3.94. The van der Waals surface area contributed by atoms with E-state index in [9.17, 15) is 4.79 Å². The van der Waals surface area contributed by atoms with Gasteiger partial charge >= 0.3 is 0 Å². The van der Waals surface area contributed by atoms with Crippen molar-refractivity contribution in [2.45, 2.75) is 37.7 Å². The van der Waals surface area contributed by atoms with E-state index < -0.39 is 0 Å². The molecule has 0 spiro atoms. The van der Waals surface area contributed by atoms with Crippen molar-refractivity contribution in [1.29, 1.82) is 0 Å². The number of amides is 1. The van der Waals surface area contributed by atoms with Crippen molar-refractivity contribution in [3.8, 4) is 0 Å². The summed E-state index contributed by atoms with van der Waals surface area (Å²) < 4.78 is 10.8. The van der Waals surface area contributed by atoms with Crippen molar-refractivity contribution >= 4 is 5.91 Å². The van der Waals surface area contributed by atoms with Gasteiger partial charge in [0.1, 0.15) is 6.10 Å². The number of hydrogen-bond donors (Lipinski definition) is 0. The largest absolute Gasteiger partial charge is 0.366 e. The Kier molecular flexibility index (Phi) is 3.84. The van der Waals surface area contributed by atoms with Crippen LogP contribution in [0.2, 0.25) is 0 Å². The van der Waals surface area contributed by atoms with Gasteiger partial charge in [0.05, 0.1) is 18.6 Å². The summed E-state index contributed by atoms with van der Waals surface area (Å²) >= 11 is 0. The monoisotopic (exact) mass is 327 g/mol. The summed E-state index contributed by atoms with van der Waals surface area (Å²) in [7, 11) is 0. The van der Waals surface area contributed by atoms with Gasteiger partial charge in [-0.25, -0.2) is 0 Å².